The lowest BCUT2D eigenvalue weighted by molar-refractivity contribution is -0.140. The average Bonchev–Trinajstić information content (AvgIpc) is 2.46. The van der Waals surface area contributed by atoms with Crippen LogP contribution < -0.4 is 5.73 Å². The van der Waals surface area contributed by atoms with Gasteiger partial charge in [0.1, 0.15) is 0 Å². The van der Waals surface area contributed by atoms with E-state index >= 15 is 0 Å². The summed E-state index contributed by atoms with van der Waals surface area (Å²) in [6.45, 7) is 4.42. The van der Waals surface area contributed by atoms with Gasteiger partial charge in [0.25, 0.3) is 0 Å². The molecule has 0 aromatic heterocycles. The fourth-order valence-electron chi connectivity index (χ4n) is 2.04. The van der Waals surface area contributed by atoms with E-state index in [1.165, 1.54) is 12.7 Å². The minimum atomic E-state index is -0.167. The Morgan fingerprint density at radius 1 is 1.26 bits per heavy atom. The molecule has 0 fully saturated rings. The van der Waals surface area contributed by atoms with Gasteiger partial charge in [-0.3, -0.25) is 4.79 Å². The number of ether oxygens (including phenoxy) is 1. The summed E-state index contributed by atoms with van der Waals surface area (Å²) in [6, 6.07) is 8.51. The maximum Gasteiger partial charge on any atom is 0.305 e. The van der Waals surface area contributed by atoms with Crippen LogP contribution in [0.25, 0.3) is 0 Å². The van der Waals surface area contributed by atoms with Crippen molar-refractivity contribution in [3.63, 3.8) is 0 Å². The van der Waals surface area contributed by atoms with Gasteiger partial charge in [-0.15, -0.1) is 0 Å². The second kappa shape index (κ2) is 7.95. The van der Waals surface area contributed by atoms with Crippen LogP contribution >= 0.6 is 0 Å². The van der Waals surface area contributed by atoms with Gasteiger partial charge >= 0.3 is 5.97 Å². The van der Waals surface area contributed by atoms with Crippen molar-refractivity contribution in [2.24, 2.45) is 5.73 Å². The first-order valence-corrected chi connectivity index (χ1v) is 7.00. The summed E-state index contributed by atoms with van der Waals surface area (Å²) in [5.74, 6) is 0.420. The van der Waals surface area contributed by atoms with Gasteiger partial charge in [-0.2, -0.15) is 0 Å². The van der Waals surface area contributed by atoms with Crippen LogP contribution in [0.2, 0.25) is 0 Å². The molecule has 1 rings (SSSR count). The Morgan fingerprint density at radius 2 is 1.84 bits per heavy atom. The molecule has 0 spiro atoms. The van der Waals surface area contributed by atoms with Crippen LogP contribution in [0, 0.1) is 0 Å². The molecular weight excluding hydrogens is 238 g/mol. The molecule has 0 heterocycles. The molecule has 0 bridgehead atoms. The number of esters is 1. The van der Waals surface area contributed by atoms with E-state index in [9.17, 15) is 4.79 Å². The highest BCUT2D eigenvalue weighted by molar-refractivity contribution is 5.68. The zero-order valence-electron chi connectivity index (χ0n) is 12.2. The zero-order chi connectivity index (χ0) is 14.3. The third-order valence-corrected chi connectivity index (χ3v) is 3.67. The van der Waals surface area contributed by atoms with Crippen molar-refractivity contribution in [2.45, 2.75) is 51.5 Å². The fraction of sp³-hybridized carbons (Fsp3) is 0.562. The molecule has 0 aliphatic rings. The third-order valence-electron chi connectivity index (χ3n) is 3.67. The number of benzene rings is 1. The van der Waals surface area contributed by atoms with Crippen molar-refractivity contribution < 1.29 is 9.53 Å². The SMILES string of the molecule is CCC(C)c1ccc(C(N)CCCC(=O)OC)cc1. The van der Waals surface area contributed by atoms with Crippen LogP contribution in [-0.2, 0) is 9.53 Å². The first kappa shape index (κ1) is 15.7. The van der Waals surface area contributed by atoms with Crippen molar-refractivity contribution in [3.8, 4) is 0 Å². The van der Waals surface area contributed by atoms with Crippen molar-refractivity contribution in [2.75, 3.05) is 7.11 Å². The summed E-state index contributed by atoms with van der Waals surface area (Å²) >= 11 is 0. The number of carbonyl (C=O) groups is 1. The van der Waals surface area contributed by atoms with E-state index in [1.54, 1.807) is 0 Å². The second-order valence-electron chi connectivity index (χ2n) is 5.05. The molecule has 2 N–H and O–H groups in total. The van der Waals surface area contributed by atoms with Crippen LogP contribution in [0.15, 0.2) is 24.3 Å². The van der Waals surface area contributed by atoms with Gasteiger partial charge in [-0.05, 0) is 36.3 Å². The Bertz CT molecular complexity index is 386. The van der Waals surface area contributed by atoms with E-state index < -0.39 is 0 Å². The monoisotopic (exact) mass is 263 g/mol. The number of carbonyl (C=O) groups excluding carboxylic acids is 1. The van der Waals surface area contributed by atoms with E-state index in [1.807, 2.05) is 0 Å². The van der Waals surface area contributed by atoms with Crippen LogP contribution in [0.3, 0.4) is 0 Å². The normalized spacial score (nSPS) is 13.9. The van der Waals surface area contributed by atoms with Gasteiger partial charge in [0, 0.05) is 12.5 Å². The third kappa shape index (κ3) is 5.03. The van der Waals surface area contributed by atoms with Gasteiger partial charge in [-0.25, -0.2) is 0 Å². The van der Waals surface area contributed by atoms with Gasteiger partial charge < -0.3 is 10.5 Å². The Hall–Kier alpha value is -1.35. The lowest BCUT2D eigenvalue weighted by Crippen LogP contribution is -2.11. The lowest BCUT2D eigenvalue weighted by Gasteiger charge is -2.14. The number of hydrogen-bond acceptors (Lipinski definition) is 3. The molecule has 2 atom stereocenters. The van der Waals surface area contributed by atoms with Gasteiger partial charge in [0.05, 0.1) is 7.11 Å². The molecule has 0 radical (unpaired) electrons. The highest BCUT2D eigenvalue weighted by atomic mass is 16.5. The molecule has 19 heavy (non-hydrogen) atoms. The van der Waals surface area contributed by atoms with Crippen LogP contribution in [-0.4, -0.2) is 13.1 Å². The standard InChI is InChI=1S/C16H25NO2/c1-4-12(2)13-8-10-14(11-9-13)15(17)6-5-7-16(18)19-3/h8-12,15H,4-7,17H2,1-3H3. The van der Waals surface area contributed by atoms with Gasteiger partial charge in [0.2, 0.25) is 0 Å². The number of nitrogens with two attached hydrogens (primary N) is 1. The number of rotatable bonds is 7. The van der Waals surface area contributed by atoms with Crippen LogP contribution in [0.5, 0.6) is 0 Å². The van der Waals surface area contributed by atoms with Crippen LogP contribution in [0.4, 0.5) is 0 Å². The van der Waals surface area contributed by atoms with Crippen LogP contribution in [0.1, 0.15) is 62.6 Å². The Balaban J connectivity index is 2.48. The minimum absolute atomic E-state index is 0.00404. The van der Waals surface area contributed by atoms with Gasteiger partial charge in [0.15, 0.2) is 0 Å². The average molecular weight is 263 g/mol. The van der Waals surface area contributed by atoms with E-state index in [0.717, 1.165) is 24.8 Å². The molecule has 0 saturated heterocycles. The predicted molar refractivity (Wildman–Crippen MR) is 77.9 cm³/mol. The van der Waals surface area contributed by atoms with Crippen molar-refractivity contribution in [1.82, 2.24) is 0 Å². The highest BCUT2D eigenvalue weighted by Crippen LogP contribution is 2.22. The molecule has 0 aliphatic carbocycles. The molecule has 3 nitrogen and oxygen atoms in total. The predicted octanol–water partition coefficient (Wildman–Crippen LogP) is 3.54. The second-order valence-corrected chi connectivity index (χ2v) is 5.05. The van der Waals surface area contributed by atoms with E-state index in [-0.39, 0.29) is 12.0 Å². The molecule has 1 aromatic rings. The topological polar surface area (TPSA) is 52.3 Å². The molecule has 1 aromatic carbocycles. The summed E-state index contributed by atoms with van der Waals surface area (Å²) in [4.78, 5) is 11.0. The molecule has 3 heteroatoms. The minimum Gasteiger partial charge on any atom is -0.469 e. The summed E-state index contributed by atoms with van der Waals surface area (Å²) in [7, 11) is 1.41. The maximum atomic E-state index is 11.0. The van der Waals surface area contributed by atoms with Gasteiger partial charge in [-0.1, -0.05) is 38.1 Å². The maximum absolute atomic E-state index is 11.0. The van der Waals surface area contributed by atoms with E-state index in [2.05, 4.69) is 42.8 Å². The largest absolute Gasteiger partial charge is 0.469 e. The molecule has 0 aliphatic heterocycles. The molecule has 0 amide bonds. The first-order chi connectivity index (χ1) is 9.08. The molecule has 2 unspecified atom stereocenters. The highest BCUT2D eigenvalue weighted by Gasteiger charge is 2.09. The fourth-order valence-corrected chi connectivity index (χ4v) is 2.04. The lowest BCUT2D eigenvalue weighted by atomic mass is 9.95. The summed E-state index contributed by atoms with van der Waals surface area (Å²) in [5.41, 5.74) is 8.62. The summed E-state index contributed by atoms with van der Waals surface area (Å²) in [6.07, 6.45) is 3.15. The van der Waals surface area contributed by atoms with Crippen molar-refractivity contribution in [3.05, 3.63) is 35.4 Å². The Labute approximate surface area is 116 Å². The summed E-state index contributed by atoms with van der Waals surface area (Å²) in [5, 5.41) is 0. The molecular formula is C16H25NO2. The Kier molecular flexibility index (Phi) is 6.57. The summed E-state index contributed by atoms with van der Waals surface area (Å²) < 4.78 is 4.61. The quantitative estimate of drug-likeness (QED) is 0.765. The van der Waals surface area contributed by atoms with E-state index in [0.29, 0.717) is 12.3 Å². The molecule has 106 valence electrons. The van der Waals surface area contributed by atoms with Crippen molar-refractivity contribution in [1.29, 1.82) is 0 Å². The molecule has 0 saturated carbocycles. The number of methoxy groups -OCH3 is 1. The van der Waals surface area contributed by atoms with E-state index in [4.69, 9.17) is 5.73 Å². The zero-order valence-corrected chi connectivity index (χ0v) is 12.2. The Morgan fingerprint density at radius 3 is 2.37 bits per heavy atom. The smallest absolute Gasteiger partial charge is 0.305 e. The number of hydrogen-bond donors (Lipinski definition) is 1. The van der Waals surface area contributed by atoms with Crippen molar-refractivity contribution >= 4 is 5.97 Å². The first-order valence-electron chi connectivity index (χ1n) is 7.00.